The second kappa shape index (κ2) is 77.3. The van der Waals surface area contributed by atoms with Crippen molar-refractivity contribution in [2.75, 3.05) is 13.2 Å². The summed E-state index contributed by atoms with van der Waals surface area (Å²) in [6, 6.07) is -0.538. The van der Waals surface area contributed by atoms with Crippen LogP contribution in [0, 0.1) is 0 Å². The number of hydrogen-bond donors (Lipinski definition) is 3. The van der Waals surface area contributed by atoms with Crippen molar-refractivity contribution in [3.05, 3.63) is 0 Å². The summed E-state index contributed by atoms with van der Waals surface area (Å²) in [5, 5.41) is 23.5. The zero-order valence-corrected chi connectivity index (χ0v) is 59.8. The fourth-order valence-electron chi connectivity index (χ4n) is 13.5. The number of rotatable bonds is 78. The van der Waals surface area contributed by atoms with Crippen LogP contribution in [0.3, 0.4) is 0 Å². The van der Waals surface area contributed by atoms with Crippen LogP contribution in [-0.2, 0) is 14.3 Å². The van der Waals surface area contributed by atoms with E-state index >= 15 is 0 Å². The summed E-state index contributed by atoms with van der Waals surface area (Å²) < 4.78 is 5.52. The number of carbonyl (C=O) groups is 2. The molecule has 0 aliphatic rings. The van der Waals surface area contributed by atoms with E-state index in [0.29, 0.717) is 25.9 Å². The lowest BCUT2D eigenvalue weighted by Gasteiger charge is -2.22. The van der Waals surface area contributed by atoms with Crippen LogP contribution in [0.2, 0.25) is 0 Å². The van der Waals surface area contributed by atoms with Crippen LogP contribution in [-0.4, -0.2) is 47.4 Å². The van der Waals surface area contributed by atoms with E-state index in [-0.39, 0.29) is 18.5 Å². The lowest BCUT2D eigenvalue weighted by atomic mass is 10.0. The number of amides is 1. The van der Waals surface area contributed by atoms with E-state index in [1.165, 1.54) is 411 Å². The number of nitrogens with one attached hydrogen (secondary N) is 1. The van der Waals surface area contributed by atoms with E-state index in [2.05, 4.69) is 19.2 Å². The van der Waals surface area contributed by atoms with Crippen molar-refractivity contribution >= 4 is 11.9 Å². The predicted molar refractivity (Wildman–Crippen MR) is 384 cm³/mol. The topological polar surface area (TPSA) is 95.9 Å². The van der Waals surface area contributed by atoms with Crippen LogP contribution in [0.1, 0.15) is 483 Å². The van der Waals surface area contributed by atoms with Gasteiger partial charge in [0.2, 0.25) is 5.91 Å². The van der Waals surface area contributed by atoms with Gasteiger partial charge in [0.1, 0.15) is 0 Å². The molecule has 6 nitrogen and oxygen atoms in total. The van der Waals surface area contributed by atoms with E-state index in [4.69, 9.17) is 4.74 Å². The molecule has 0 rings (SSSR count). The van der Waals surface area contributed by atoms with Gasteiger partial charge in [0.05, 0.1) is 25.4 Å². The van der Waals surface area contributed by atoms with Crippen LogP contribution in [0.5, 0.6) is 0 Å². The molecule has 0 aromatic heterocycles. The fraction of sp³-hybridized carbons (Fsp3) is 0.975. The van der Waals surface area contributed by atoms with Crippen molar-refractivity contribution in [2.45, 2.75) is 495 Å². The number of hydrogen-bond acceptors (Lipinski definition) is 5. The van der Waals surface area contributed by atoms with Gasteiger partial charge in [-0.15, -0.1) is 0 Å². The van der Waals surface area contributed by atoms with E-state index in [1.807, 2.05) is 0 Å². The third-order valence-electron chi connectivity index (χ3n) is 19.7. The van der Waals surface area contributed by atoms with Crippen molar-refractivity contribution in [3.63, 3.8) is 0 Å². The van der Waals surface area contributed by atoms with Gasteiger partial charge < -0.3 is 20.3 Å². The molecular weight excluding hydrogens is 1070 g/mol. The molecule has 1 amide bonds. The Morgan fingerprint density at radius 3 is 0.701 bits per heavy atom. The molecule has 87 heavy (non-hydrogen) atoms. The number of esters is 1. The molecule has 2 atom stereocenters. The molecule has 0 heterocycles. The van der Waals surface area contributed by atoms with E-state index in [9.17, 15) is 19.8 Å². The lowest BCUT2D eigenvalue weighted by molar-refractivity contribution is -0.143. The summed E-state index contributed by atoms with van der Waals surface area (Å²) in [5.41, 5.74) is 0. The Kier molecular flexibility index (Phi) is 76.3. The zero-order chi connectivity index (χ0) is 62.8. The van der Waals surface area contributed by atoms with E-state index in [0.717, 1.165) is 38.5 Å². The Bertz CT molecular complexity index is 1280. The molecule has 3 N–H and O–H groups in total. The number of ether oxygens (including phenoxy) is 1. The lowest BCUT2D eigenvalue weighted by Crippen LogP contribution is -2.45. The first-order chi connectivity index (χ1) is 43.0. The highest BCUT2D eigenvalue weighted by atomic mass is 16.5. The minimum Gasteiger partial charge on any atom is -0.466 e. The Morgan fingerprint density at radius 1 is 0.276 bits per heavy atom. The normalized spacial score (nSPS) is 12.4. The Morgan fingerprint density at radius 2 is 0.471 bits per heavy atom. The Hall–Kier alpha value is -1.14. The first kappa shape index (κ1) is 85.9. The molecule has 0 saturated carbocycles. The molecule has 6 heteroatoms. The highest BCUT2D eigenvalue weighted by Gasteiger charge is 2.20. The number of aliphatic hydroxyl groups excluding tert-OH is 2. The summed E-state index contributed by atoms with van der Waals surface area (Å²) in [6.45, 7) is 5.02. The van der Waals surface area contributed by atoms with Crippen molar-refractivity contribution in [1.29, 1.82) is 0 Å². The fourth-order valence-corrected chi connectivity index (χ4v) is 13.5. The minimum atomic E-state index is -0.662. The first-order valence-corrected chi connectivity index (χ1v) is 40.8. The van der Waals surface area contributed by atoms with Crippen molar-refractivity contribution in [1.82, 2.24) is 5.32 Å². The maximum absolute atomic E-state index is 12.6. The summed E-state index contributed by atoms with van der Waals surface area (Å²) in [4.78, 5) is 24.7. The van der Waals surface area contributed by atoms with E-state index < -0.39 is 12.1 Å². The van der Waals surface area contributed by atoms with Gasteiger partial charge in [0.15, 0.2) is 0 Å². The molecule has 0 bridgehead atoms. The monoisotopic (exact) mass is 1230 g/mol. The first-order valence-electron chi connectivity index (χ1n) is 40.8. The molecule has 0 aromatic carbocycles. The quantitative estimate of drug-likeness (QED) is 0.0417. The van der Waals surface area contributed by atoms with Crippen molar-refractivity contribution in [2.24, 2.45) is 0 Å². The van der Waals surface area contributed by atoms with Crippen molar-refractivity contribution < 1.29 is 24.5 Å². The van der Waals surface area contributed by atoms with Gasteiger partial charge in [-0.05, 0) is 25.7 Å². The van der Waals surface area contributed by atoms with Gasteiger partial charge >= 0.3 is 5.97 Å². The van der Waals surface area contributed by atoms with Gasteiger partial charge in [0.25, 0.3) is 0 Å². The molecule has 0 fully saturated rings. The van der Waals surface area contributed by atoms with Crippen LogP contribution >= 0.6 is 0 Å². The largest absolute Gasteiger partial charge is 0.466 e. The summed E-state index contributed by atoms with van der Waals surface area (Å²) in [7, 11) is 0. The maximum atomic E-state index is 12.6. The standard InChI is InChI=1S/C81H161NO5/c1-3-5-7-9-11-13-15-17-19-21-22-23-35-38-42-45-49-53-57-61-65-69-73-79(84)78(77-83)82-80(85)74-70-66-62-58-54-50-46-43-39-36-33-31-29-27-25-24-26-28-30-32-34-37-40-44-48-52-56-60-64-68-72-76-87-81(86)75-71-67-63-59-55-51-47-41-20-18-16-14-12-10-8-6-4-2/h78-79,83-84H,3-77H2,1-2H3,(H,82,85). The summed E-state index contributed by atoms with van der Waals surface area (Å²) in [5.74, 6) is 0.00203. The van der Waals surface area contributed by atoms with Crippen LogP contribution in [0.15, 0.2) is 0 Å². The third-order valence-corrected chi connectivity index (χ3v) is 19.7. The zero-order valence-electron chi connectivity index (χ0n) is 59.8. The molecule has 0 aliphatic carbocycles. The maximum Gasteiger partial charge on any atom is 0.305 e. The molecule has 520 valence electrons. The second-order valence-corrected chi connectivity index (χ2v) is 28.5. The van der Waals surface area contributed by atoms with Gasteiger partial charge in [-0.25, -0.2) is 0 Å². The van der Waals surface area contributed by atoms with Gasteiger partial charge in [0, 0.05) is 12.8 Å². The number of aliphatic hydroxyl groups is 2. The van der Waals surface area contributed by atoms with Gasteiger partial charge in [-0.2, -0.15) is 0 Å². The predicted octanol–water partition coefficient (Wildman–Crippen LogP) is 26.9. The molecule has 0 saturated heterocycles. The second-order valence-electron chi connectivity index (χ2n) is 28.5. The molecular formula is C81H161NO5. The Balaban J connectivity index is 3.31. The van der Waals surface area contributed by atoms with Crippen LogP contribution < -0.4 is 5.32 Å². The number of unbranched alkanes of at least 4 members (excludes halogenated alkanes) is 67. The van der Waals surface area contributed by atoms with Crippen LogP contribution in [0.4, 0.5) is 0 Å². The SMILES string of the molecule is CCCCCCCCCCCCCCCCCCCCCCCCC(O)C(CO)NC(=O)CCCCCCCCCCCCCCCCCCCCCCCCCCCCCCCCCOC(=O)CCCCCCCCCCCCCCCCCCC. The minimum absolute atomic E-state index is 0.0243. The van der Waals surface area contributed by atoms with Crippen molar-refractivity contribution in [3.8, 4) is 0 Å². The molecule has 2 unspecified atom stereocenters. The van der Waals surface area contributed by atoms with E-state index in [1.54, 1.807) is 0 Å². The molecule has 0 aromatic rings. The third kappa shape index (κ3) is 73.8. The van der Waals surface area contributed by atoms with Gasteiger partial charge in [-0.3, -0.25) is 9.59 Å². The smallest absolute Gasteiger partial charge is 0.305 e. The average molecular weight is 1230 g/mol. The molecule has 0 radical (unpaired) electrons. The van der Waals surface area contributed by atoms with Gasteiger partial charge in [-0.1, -0.05) is 444 Å². The summed E-state index contributed by atoms with van der Waals surface area (Å²) in [6.07, 6.45) is 96.3. The highest BCUT2D eigenvalue weighted by Crippen LogP contribution is 2.21. The Labute approximate surface area is 547 Å². The average Bonchev–Trinajstić information content (AvgIpc) is 3.58. The molecule has 0 aliphatic heterocycles. The summed E-state index contributed by atoms with van der Waals surface area (Å²) >= 11 is 0. The molecule has 0 spiro atoms. The number of carbonyl (C=O) groups excluding carboxylic acids is 2. The van der Waals surface area contributed by atoms with Crippen LogP contribution in [0.25, 0.3) is 0 Å². The highest BCUT2D eigenvalue weighted by molar-refractivity contribution is 5.76.